The minimum atomic E-state index is -0.179. The van der Waals surface area contributed by atoms with Crippen molar-refractivity contribution in [2.45, 2.75) is 6.23 Å². The van der Waals surface area contributed by atoms with Gasteiger partial charge in [-0.1, -0.05) is 0 Å². The molecule has 0 N–H and O–H groups in total. The highest BCUT2D eigenvalue weighted by Crippen LogP contribution is 2.16. The van der Waals surface area contributed by atoms with E-state index in [4.69, 9.17) is 14.2 Å². The van der Waals surface area contributed by atoms with Crippen molar-refractivity contribution < 1.29 is 14.2 Å². The molecule has 1 aromatic carbocycles. The van der Waals surface area contributed by atoms with Gasteiger partial charge in [0.15, 0.2) is 6.23 Å². The monoisotopic (exact) mass is 207 g/mol. The van der Waals surface area contributed by atoms with Gasteiger partial charge in [-0.3, -0.25) is 0 Å². The van der Waals surface area contributed by atoms with E-state index in [1.165, 1.54) is 0 Å². The van der Waals surface area contributed by atoms with E-state index in [-0.39, 0.29) is 6.23 Å². The Morgan fingerprint density at radius 2 is 2.00 bits per heavy atom. The lowest BCUT2D eigenvalue weighted by Crippen LogP contribution is -2.07. The van der Waals surface area contributed by atoms with Crippen molar-refractivity contribution in [3.8, 4) is 5.75 Å². The van der Waals surface area contributed by atoms with Crippen LogP contribution in [0, 0.1) is 0 Å². The van der Waals surface area contributed by atoms with Crippen LogP contribution in [0.2, 0.25) is 0 Å². The molecule has 0 aromatic heterocycles. The van der Waals surface area contributed by atoms with E-state index in [1.54, 1.807) is 14.2 Å². The van der Waals surface area contributed by atoms with Crippen molar-refractivity contribution in [2.24, 2.45) is 4.99 Å². The highest BCUT2D eigenvalue weighted by atomic mass is 16.6. The van der Waals surface area contributed by atoms with Crippen molar-refractivity contribution in [1.82, 2.24) is 0 Å². The zero-order chi connectivity index (χ0) is 10.7. The quantitative estimate of drug-likeness (QED) is 0.753. The van der Waals surface area contributed by atoms with Gasteiger partial charge in [0, 0.05) is 12.7 Å². The first kappa shape index (κ1) is 9.98. The van der Waals surface area contributed by atoms with Gasteiger partial charge in [0.05, 0.1) is 7.11 Å². The van der Waals surface area contributed by atoms with E-state index in [0.29, 0.717) is 12.5 Å². The Kier molecular flexibility index (Phi) is 2.87. The predicted octanol–water partition coefficient (Wildman–Crippen LogP) is 1.44. The molecule has 0 radical (unpaired) electrons. The first-order valence-electron chi connectivity index (χ1n) is 4.71. The first-order chi connectivity index (χ1) is 7.33. The predicted molar refractivity (Wildman–Crippen MR) is 56.3 cm³/mol. The van der Waals surface area contributed by atoms with Crippen LogP contribution in [0.5, 0.6) is 5.75 Å². The van der Waals surface area contributed by atoms with Crippen LogP contribution in [0.15, 0.2) is 29.3 Å². The molecule has 0 saturated carbocycles. The fourth-order valence-electron chi connectivity index (χ4n) is 1.37. The fourth-order valence-corrected chi connectivity index (χ4v) is 1.37. The van der Waals surface area contributed by atoms with Crippen molar-refractivity contribution in [3.05, 3.63) is 29.8 Å². The second kappa shape index (κ2) is 4.31. The first-order valence-corrected chi connectivity index (χ1v) is 4.71. The average Bonchev–Trinajstić information content (AvgIpc) is 2.78. The maximum atomic E-state index is 5.40. The molecule has 0 spiro atoms. The summed E-state index contributed by atoms with van der Waals surface area (Å²) in [6.07, 6.45) is -0.179. The Morgan fingerprint density at radius 1 is 1.27 bits per heavy atom. The number of nitrogens with zero attached hydrogens (tertiary/aromatic N) is 1. The number of ether oxygens (including phenoxy) is 3. The molecule has 2 rings (SSSR count). The highest BCUT2D eigenvalue weighted by molar-refractivity contribution is 5.95. The van der Waals surface area contributed by atoms with Crippen LogP contribution < -0.4 is 4.74 Å². The van der Waals surface area contributed by atoms with Crippen molar-refractivity contribution in [2.75, 3.05) is 20.8 Å². The minimum absolute atomic E-state index is 0.179. The van der Waals surface area contributed by atoms with Crippen LogP contribution in [-0.2, 0) is 9.47 Å². The molecular weight excluding hydrogens is 194 g/mol. The summed E-state index contributed by atoms with van der Waals surface area (Å²) in [7, 11) is 3.26. The summed E-state index contributed by atoms with van der Waals surface area (Å²) >= 11 is 0. The number of hydrogen-bond acceptors (Lipinski definition) is 4. The molecule has 0 saturated heterocycles. The van der Waals surface area contributed by atoms with Gasteiger partial charge in [0.25, 0.3) is 0 Å². The summed E-state index contributed by atoms with van der Waals surface area (Å²) in [6.45, 7) is 0.484. The molecule has 1 aliphatic heterocycles. The fraction of sp³-hybridized carbons (Fsp3) is 0.364. The number of methoxy groups -OCH3 is 2. The van der Waals surface area contributed by atoms with Gasteiger partial charge in [-0.15, -0.1) is 0 Å². The molecule has 4 heteroatoms. The van der Waals surface area contributed by atoms with E-state index in [2.05, 4.69) is 4.99 Å². The smallest absolute Gasteiger partial charge is 0.218 e. The van der Waals surface area contributed by atoms with Gasteiger partial charge in [0.2, 0.25) is 5.90 Å². The van der Waals surface area contributed by atoms with Crippen LogP contribution in [0.25, 0.3) is 0 Å². The standard InChI is InChI=1S/C11H13NO3/c1-13-9-5-3-8(4-6-9)11-12-10(14-2)7-15-11/h3-6,10H,7H2,1-2H3. The number of benzene rings is 1. The molecule has 15 heavy (non-hydrogen) atoms. The molecular formula is C11H13NO3. The Balaban J connectivity index is 2.16. The lowest BCUT2D eigenvalue weighted by Gasteiger charge is -2.02. The summed E-state index contributed by atoms with van der Waals surface area (Å²) in [6, 6.07) is 7.58. The number of hydrogen-bond donors (Lipinski definition) is 0. The van der Waals surface area contributed by atoms with Gasteiger partial charge >= 0.3 is 0 Å². The lowest BCUT2D eigenvalue weighted by atomic mass is 10.2. The van der Waals surface area contributed by atoms with Gasteiger partial charge in [-0.05, 0) is 24.3 Å². The minimum Gasteiger partial charge on any atom is -0.497 e. The highest BCUT2D eigenvalue weighted by Gasteiger charge is 2.18. The second-order valence-electron chi connectivity index (χ2n) is 3.16. The molecule has 1 aromatic rings. The lowest BCUT2D eigenvalue weighted by molar-refractivity contribution is 0.0833. The third kappa shape index (κ3) is 2.10. The van der Waals surface area contributed by atoms with Crippen LogP contribution in [-0.4, -0.2) is 33.0 Å². The maximum Gasteiger partial charge on any atom is 0.218 e. The SMILES string of the molecule is COc1ccc(C2=NC(OC)CO2)cc1. The number of aliphatic imine (C=N–C) groups is 1. The van der Waals surface area contributed by atoms with Crippen LogP contribution >= 0.6 is 0 Å². The van der Waals surface area contributed by atoms with E-state index in [1.807, 2.05) is 24.3 Å². The zero-order valence-corrected chi connectivity index (χ0v) is 8.77. The van der Waals surface area contributed by atoms with E-state index in [9.17, 15) is 0 Å². The summed E-state index contributed by atoms with van der Waals surface area (Å²) in [5, 5.41) is 0. The Labute approximate surface area is 88.5 Å². The third-order valence-electron chi connectivity index (χ3n) is 2.23. The molecule has 1 heterocycles. The molecule has 4 nitrogen and oxygen atoms in total. The molecule has 1 atom stereocenters. The summed E-state index contributed by atoms with van der Waals surface area (Å²) in [5.74, 6) is 1.45. The third-order valence-corrected chi connectivity index (χ3v) is 2.23. The Morgan fingerprint density at radius 3 is 2.53 bits per heavy atom. The summed E-state index contributed by atoms with van der Waals surface area (Å²) < 4.78 is 15.5. The summed E-state index contributed by atoms with van der Waals surface area (Å²) in [4.78, 5) is 4.26. The molecule has 80 valence electrons. The van der Waals surface area contributed by atoms with Crippen LogP contribution in [0.4, 0.5) is 0 Å². The van der Waals surface area contributed by atoms with Crippen LogP contribution in [0.1, 0.15) is 5.56 Å². The number of rotatable bonds is 3. The van der Waals surface area contributed by atoms with E-state index < -0.39 is 0 Å². The molecule has 0 amide bonds. The summed E-state index contributed by atoms with van der Waals surface area (Å²) in [5.41, 5.74) is 0.940. The van der Waals surface area contributed by atoms with E-state index >= 15 is 0 Å². The van der Waals surface area contributed by atoms with Gasteiger partial charge in [-0.2, -0.15) is 0 Å². The molecule has 0 aliphatic carbocycles. The van der Waals surface area contributed by atoms with Gasteiger partial charge in [0.1, 0.15) is 12.4 Å². The van der Waals surface area contributed by atoms with Crippen molar-refractivity contribution >= 4 is 5.90 Å². The Bertz CT molecular complexity index is 359. The molecule has 0 bridgehead atoms. The average molecular weight is 207 g/mol. The molecule has 0 fully saturated rings. The molecule has 1 unspecified atom stereocenters. The topological polar surface area (TPSA) is 40.0 Å². The van der Waals surface area contributed by atoms with Crippen LogP contribution in [0.3, 0.4) is 0 Å². The van der Waals surface area contributed by atoms with Crippen molar-refractivity contribution in [1.29, 1.82) is 0 Å². The largest absolute Gasteiger partial charge is 0.497 e. The normalized spacial score (nSPS) is 19.6. The molecule has 1 aliphatic rings. The maximum absolute atomic E-state index is 5.40. The van der Waals surface area contributed by atoms with E-state index in [0.717, 1.165) is 11.3 Å². The van der Waals surface area contributed by atoms with Gasteiger partial charge < -0.3 is 14.2 Å². The van der Waals surface area contributed by atoms with Crippen molar-refractivity contribution in [3.63, 3.8) is 0 Å². The zero-order valence-electron chi connectivity index (χ0n) is 8.77. The van der Waals surface area contributed by atoms with Gasteiger partial charge in [-0.25, -0.2) is 4.99 Å². The Hall–Kier alpha value is -1.55. The second-order valence-corrected chi connectivity index (χ2v) is 3.16.